The Labute approximate surface area is 183 Å². The van der Waals surface area contributed by atoms with Crippen LogP contribution in [0.15, 0.2) is 24.3 Å². The minimum Gasteiger partial charge on any atom is -0.493 e. The van der Waals surface area contributed by atoms with E-state index in [1.165, 1.54) is 5.56 Å². The number of nitrogens with zero attached hydrogens (tertiary/aromatic N) is 1. The van der Waals surface area contributed by atoms with Crippen molar-refractivity contribution in [1.29, 1.82) is 0 Å². The number of carbonyl (C=O) groups is 2. The predicted octanol–water partition coefficient (Wildman–Crippen LogP) is 2.39. The molecule has 1 N–H and O–H groups in total. The van der Waals surface area contributed by atoms with E-state index in [1.54, 1.807) is 0 Å². The average molecular weight is 429 g/mol. The lowest BCUT2D eigenvalue weighted by molar-refractivity contribution is -0.144. The van der Waals surface area contributed by atoms with E-state index in [0.29, 0.717) is 38.6 Å². The summed E-state index contributed by atoms with van der Waals surface area (Å²) in [6.45, 7) is 3.31. The molecule has 5 aliphatic rings. The summed E-state index contributed by atoms with van der Waals surface area (Å²) in [7, 11) is 0. The number of hydrogen-bond acceptors (Lipinski definition) is 5. The van der Waals surface area contributed by atoms with Crippen molar-refractivity contribution in [3.63, 3.8) is 0 Å². The van der Waals surface area contributed by atoms with Gasteiger partial charge in [0.15, 0.2) is 0 Å². The summed E-state index contributed by atoms with van der Waals surface area (Å²) in [6.07, 6.45) is 5.27. The fraction of sp³-hybridized carbons (Fsp3) is 0.667. The van der Waals surface area contributed by atoms with Crippen LogP contribution < -0.4 is 10.1 Å². The number of benzene rings is 1. The summed E-state index contributed by atoms with van der Waals surface area (Å²) in [6, 6.07) is 8.00. The summed E-state index contributed by atoms with van der Waals surface area (Å²) in [5, 5.41) is 3.16. The van der Waals surface area contributed by atoms with Crippen LogP contribution in [0.25, 0.3) is 0 Å². The molecule has 0 radical (unpaired) electrons. The molecule has 1 aromatic rings. The Morgan fingerprint density at radius 3 is 2.74 bits per heavy atom. The van der Waals surface area contributed by atoms with Gasteiger partial charge in [-0.1, -0.05) is 18.2 Å². The summed E-state index contributed by atoms with van der Waals surface area (Å²) in [4.78, 5) is 27.4. The van der Waals surface area contributed by atoms with Gasteiger partial charge < -0.3 is 24.4 Å². The number of ether oxygens (including phenoxy) is 3. The van der Waals surface area contributed by atoms with E-state index in [2.05, 4.69) is 17.4 Å². The normalized spacial score (nSPS) is 36.4. The summed E-state index contributed by atoms with van der Waals surface area (Å²) in [5.74, 6) is 1.28. The molecule has 1 spiro atoms. The zero-order valence-corrected chi connectivity index (χ0v) is 18.2. The van der Waals surface area contributed by atoms with Crippen molar-refractivity contribution in [3.8, 4) is 5.75 Å². The van der Waals surface area contributed by atoms with Crippen molar-refractivity contribution in [1.82, 2.24) is 10.2 Å². The number of nitrogens with one attached hydrogen (secondary N) is 1. The molecular formula is C24H32N2O5. The van der Waals surface area contributed by atoms with Gasteiger partial charge in [0.1, 0.15) is 12.4 Å². The lowest BCUT2D eigenvalue weighted by Gasteiger charge is -2.42. The molecule has 3 fully saturated rings. The van der Waals surface area contributed by atoms with Gasteiger partial charge in [-0.2, -0.15) is 0 Å². The molecule has 1 saturated carbocycles. The molecule has 6 rings (SSSR count). The van der Waals surface area contributed by atoms with Gasteiger partial charge in [-0.15, -0.1) is 0 Å². The molecule has 1 unspecified atom stereocenters. The Bertz CT molecular complexity index is 837. The molecule has 2 saturated heterocycles. The largest absolute Gasteiger partial charge is 0.493 e. The maximum absolute atomic E-state index is 13.3. The number of carbonyl (C=O) groups excluding carboxylic acids is 2. The SMILES string of the molecule is C[C@@H]1C[C@@]2(COCC(=O)N2)C2CO[C@H]3CC[C@H](CC3)c3ccccc3OCCC(=O)N21. The first-order valence-corrected chi connectivity index (χ1v) is 11.6. The second-order valence-electron chi connectivity index (χ2n) is 9.51. The van der Waals surface area contributed by atoms with Crippen molar-refractivity contribution in [2.45, 2.75) is 75.1 Å². The van der Waals surface area contributed by atoms with Gasteiger partial charge in [-0.25, -0.2) is 0 Å². The Kier molecular flexibility index (Phi) is 5.65. The average Bonchev–Trinajstić information content (AvgIpc) is 3.02. The minimum absolute atomic E-state index is 0.000900. The maximum Gasteiger partial charge on any atom is 0.246 e. The van der Waals surface area contributed by atoms with Gasteiger partial charge in [0.2, 0.25) is 11.8 Å². The van der Waals surface area contributed by atoms with Gasteiger partial charge in [-0.3, -0.25) is 9.59 Å². The first-order valence-electron chi connectivity index (χ1n) is 11.6. The highest BCUT2D eigenvalue weighted by Crippen LogP contribution is 2.40. The topological polar surface area (TPSA) is 77.1 Å². The van der Waals surface area contributed by atoms with Crippen molar-refractivity contribution in [2.24, 2.45) is 0 Å². The lowest BCUT2D eigenvalue weighted by Crippen LogP contribution is -2.65. The van der Waals surface area contributed by atoms with Crippen LogP contribution in [0.5, 0.6) is 5.75 Å². The van der Waals surface area contributed by atoms with Gasteiger partial charge in [0, 0.05) is 6.04 Å². The molecule has 1 aliphatic carbocycles. The van der Waals surface area contributed by atoms with E-state index < -0.39 is 5.54 Å². The summed E-state index contributed by atoms with van der Waals surface area (Å²) >= 11 is 0. The highest BCUT2D eigenvalue weighted by Gasteiger charge is 2.55. The molecular weight excluding hydrogens is 396 g/mol. The van der Waals surface area contributed by atoms with Crippen molar-refractivity contribution in [2.75, 3.05) is 26.4 Å². The third kappa shape index (κ3) is 3.94. The molecule has 3 atom stereocenters. The first kappa shape index (κ1) is 20.8. The van der Waals surface area contributed by atoms with Crippen molar-refractivity contribution in [3.05, 3.63) is 29.8 Å². The molecule has 7 heteroatoms. The van der Waals surface area contributed by atoms with E-state index in [4.69, 9.17) is 14.2 Å². The van der Waals surface area contributed by atoms with Crippen LogP contribution in [0.3, 0.4) is 0 Å². The van der Waals surface area contributed by atoms with E-state index in [9.17, 15) is 9.59 Å². The van der Waals surface area contributed by atoms with Crippen LogP contribution in [0.4, 0.5) is 0 Å². The highest BCUT2D eigenvalue weighted by atomic mass is 16.5. The Morgan fingerprint density at radius 2 is 1.94 bits per heavy atom. The van der Waals surface area contributed by atoms with Crippen LogP contribution in [-0.2, 0) is 19.1 Å². The molecule has 4 heterocycles. The van der Waals surface area contributed by atoms with Gasteiger partial charge in [-0.05, 0) is 56.6 Å². The third-order valence-corrected chi connectivity index (χ3v) is 7.47. The Morgan fingerprint density at radius 1 is 1.13 bits per heavy atom. The molecule has 1 aromatic carbocycles. The summed E-state index contributed by atoms with van der Waals surface area (Å²) in [5.41, 5.74) is 0.672. The lowest BCUT2D eigenvalue weighted by atomic mass is 9.82. The van der Waals surface area contributed by atoms with E-state index in [-0.39, 0.29) is 36.6 Å². The molecule has 7 nitrogen and oxygen atoms in total. The van der Waals surface area contributed by atoms with Gasteiger partial charge in [0.05, 0.1) is 43.9 Å². The van der Waals surface area contributed by atoms with E-state index in [0.717, 1.165) is 31.4 Å². The number of para-hydroxylation sites is 1. The third-order valence-electron chi connectivity index (χ3n) is 7.47. The Hall–Kier alpha value is -2.12. The fourth-order valence-electron chi connectivity index (χ4n) is 6.05. The van der Waals surface area contributed by atoms with Crippen LogP contribution in [0.1, 0.15) is 56.9 Å². The van der Waals surface area contributed by atoms with Crippen molar-refractivity contribution < 1.29 is 23.8 Å². The molecule has 2 bridgehead atoms. The van der Waals surface area contributed by atoms with Crippen LogP contribution in [0, 0.1) is 0 Å². The molecule has 4 aliphatic heterocycles. The quantitative estimate of drug-likeness (QED) is 0.687. The van der Waals surface area contributed by atoms with Gasteiger partial charge >= 0.3 is 0 Å². The molecule has 31 heavy (non-hydrogen) atoms. The predicted molar refractivity (Wildman–Crippen MR) is 114 cm³/mol. The fourth-order valence-corrected chi connectivity index (χ4v) is 6.05. The highest BCUT2D eigenvalue weighted by molar-refractivity contribution is 5.81. The monoisotopic (exact) mass is 428 g/mol. The van der Waals surface area contributed by atoms with E-state index >= 15 is 0 Å². The van der Waals surface area contributed by atoms with Crippen LogP contribution >= 0.6 is 0 Å². The number of rotatable bonds is 0. The standard InChI is InChI=1S/C24H32N2O5/c1-16-12-24(15-29-14-22(27)25-24)21-13-31-18-8-6-17(7-9-18)19-4-2-3-5-20(19)30-11-10-23(28)26(16)21/h2-5,16-18,21H,6-15H2,1H3,(H,25,27)/t16-,17-,18+,21?,24-/m1/s1. The number of hydrogen-bond donors (Lipinski definition) is 1. The maximum atomic E-state index is 13.3. The van der Waals surface area contributed by atoms with Gasteiger partial charge in [0.25, 0.3) is 0 Å². The molecule has 2 amide bonds. The summed E-state index contributed by atoms with van der Waals surface area (Å²) < 4.78 is 18.2. The molecule has 168 valence electrons. The van der Waals surface area contributed by atoms with Crippen molar-refractivity contribution >= 4 is 11.8 Å². The zero-order chi connectivity index (χ0) is 21.4. The zero-order valence-electron chi connectivity index (χ0n) is 18.2. The van der Waals surface area contributed by atoms with Crippen LogP contribution in [-0.4, -0.2) is 66.9 Å². The second kappa shape index (κ2) is 8.43. The minimum atomic E-state index is -0.577. The number of morpholine rings is 1. The van der Waals surface area contributed by atoms with Crippen LogP contribution in [0.2, 0.25) is 0 Å². The van der Waals surface area contributed by atoms with E-state index in [1.807, 2.05) is 24.0 Å². The smallest absolute Gasteiger partial charge is 0.246 e. The first-order chi connectivity index (χ1) is 15.1. The molecule has 0 aromatic heterocycles. The Balaban J connectivity index is 1.43. The second-order valence-corrected chi connectivity index (χ2v) is 9.51. The number of amides is 2. The number of fused-ring (bicyclic) bond motifs is 6.